The van der Waals surface area contributed by atoms with Gasteiger partial charge in [-0.3, -0.25) is 4.79 Å². The molecule has 0 fully saturated rings. The smallest absolute Gasteiger partial charge is 0.277 e. The van der Waals surface area contributed by atoms with Crippen molar-refractivity contribution < 1.29 is 14.3 Å². The standard InChI is InChI=1S/C24H31N3O3/c1-16-11-20-19(17(2)13-24(3,4)27(20)5)12-18(16)14-25-26-23(28)15-30-22-10-8-7-9-21(22)29-6/h7-12,14,17H,13,15H2,1-6H3,(H,26,28)/b25-14+/t17-/m0/s1. The number of anilines is 1. The molecule has 0 bridgehead atoms. The molecule has 3 rings (SSSR count). The zero-order valence-electron chi connectivity index (χ0n) is 18.7. The maximum Gasteiger partial charge on any atom is 0.277 e. The van der Waals surface area contributed by atoms with Crippen molar-refractivity contribution in [3.05, 3.63) is 53.1 Å². The van der Waals surface area contributed by atoms with Gasteiger partial charge in [-0.1, -0.05) is 19.1 Å². The molecule has 160 valence electrons. The number of ether oxygens (including phenoxy) is 2. The molecule has 1 aliphatic heterocycles. The van der Waals surface area contributed by atoms with Crippen molar-refractivity contribution in [2.75, 3.05) is 25.7 Å². The molecule has 0 radical (unpaired) electrons. The van der Waals surface area contributed by atoms with E-state index in [0.29, 0.717) is 17.4 Å². The molecule has 1 heterocycles. The van der Waals surface area contributed by atoms with Crippen LogP contribution in [0.4, 0.5) is 5.69 Å². The van der Waals surface area contributed by atoms with Crippen LogP contribution in [0.3, 0.4) is 0 Å². The van der Waals surface area contributed by atoms with Crippen LogP contribution in [0.5, 0.6) is 11.5 Å². The van der Waals surface area contributed by atoms with Crippen LogP contribution >= 0.6 is 0 Å². The van der Waals surface area contributed by atoms with Gasteiger partial charge in [0.15, 0.2) is 18.1 Å². The highest BCUT2D eigenvalue weighted by Gasteiger charge is 2.34. The molecule has 6 heteroatoms. The van der Waals surface area contributed by atoms with Crippen LogP contribution in [0.1, 0.15) is 49.8 Å². The average Bonchev–Trinajstić information content (AvgIpc) is 2.71. The van der Waals surface area contributed by atoms with E-state index in [1.54, 1.807) is 25.5 Å². The Hall–Kier alpha value is -3.02. The van der Waals surface area contributed by atoms with Gasteiger partial charge in [-0.25, -0.2) is 5.43 Å². The molecule has 1 amide bonds. The number of aryl methyl sites for hydroxylation is 1. The van der Waals surface area contributed by atoms with Crippen LogP contribution in [0, 0.1) is 6.92 Å². The number of fused-ring (bicyclic) bond motifs is 1. The highest BCUT2D eigenvalue weighted by molar-refractivity contribution is 5.86. The van der Waals surface area contributed by atoms with E-state index in [-0.39, 0.29) is 18.1 Å². The second kappa shape index (κ2) is 8.78. The number of para-hydroxylation sites is 2. The summed E-state index contributed by atoms with van der Waals surface area (Å²) in [5.74, 6) is 1.23. The molecule has 0 aromatic heterocycles. The maximum absolute atomic E-state index is 12.1. The minimum atomic E-state index is -0.331. The van der Waals surface area contributed by atoms with Gasteiger partial charge >= 0.3 is 0 Å². The topological polar surface area (TPSA) is 63.2 Å². The molecular weight excluding hydrogens is 378 g/mol. The van der Waals surface area contributed by atoms with Crippen molar-refractivity contribution in [3.8, 4) is 11.5 Å². The molecule has 0 saturated carbocycles. The third-order valence-corrected chi connectivity index (χ3v) is 5.84. The first-order chi connectivity index (χ1) is 14.2. The summed E-state index contributed by atoms with van der Waals surface area (Å²) < 4.78 is 10.7. The van der Waals surface area contributed by atoms with Crippen molar-refractivity contribution in [2.24, 2.45) is 5.10 Å². The quantitative estimate of drug-likeness (QED) is 0.572. The predicted molar refractivity (Wildman–Crippen MR) is 121 cm³/mol. The first-order valence-corrected chi connectivity index (χ1v) is 10.2. The van der Waals surface area contributed by atoms with Gasteiger partial charge in [0.1, 0.15) is 0 Å². The van der Waals surface area contributed by atoms with Crippen LogP contribution in [-0.2, 0) is 4.79 Å². The van der Waals surface area contributed by atoms with E-state index in [2.05, 4.69) is 62.3 Å². The minimum Gasteiger partial charge on any atom is -0.493 e. The maximum atomic E-state index is 12.1. The Bertz CT molecular complexity index is 953. The van der Waals surface area contributed by atoms with Gasteiger partial charge in [-0.15, -0.1) is 0 Å². The van der Waals surface area contributed by atoms with E-state index in [0.717, 1.165) is 17.5 Å². The number of rotatable bonds is 6. The fourth-order valence-electron chi connectivity index (χ4n) is 3.96. The molecule has 1 atom stereocenters. The van der Waals surface area contributed by atoms with Crippen molar-refractivity contribution in [3.63, 3.8) is 0 Å². The predicted octanol–water partition coefficient (Wildman–Crippen LogP) is 4.25. The van der Waals surface area contributed by atoms with E-state index in [1.165, 1.54) is 11.3 Å². The summed E-state index contributed by atoms with van der Waals surface area (Å²) in [6.07, 6.45) is 2.79. The first kappa shape index (κ1) is 21.7. The van der Waals surface area contributed by atoms with Crippen molar-refractivity contribution >= 4 is 17.8 Å². The van der Waals surface area contributed by atoms with E-state index in [1.807, 2.05) is 12.1 Å². The lowest BCUT2D eigenvalue weighted by molar-refractivity contribution is -0.123. The Labute approximate surface area is 178 Å². The van der Waals surface area contributed by atoms with Gasteiger partial charge in [-0.05, 0) is 74.1 Å². The molecular formula is C24H31N3O3. The molecule has 0 unspecified atom stereocenters. The summed E-state index contributed by atoms with van der Waals surface area (Å²) in [4.78, 5) is 14.4. The number of amides is 1. The molecule has 1 aliphatic rings. The number of carbonyl (C=O) groups excluding carboxylic acids is 1. The van der Waals surface area contributed by atoms with E-state index in [9.17, 15) is 4.79 Å². The van der Waals surface area contributed by atoms with Gasteiger partial charge in [0, 0.05) is 18.3 Å². The fraction of sp³-hybridized carbons (Fsp3) is 0.417. The van der Waals surface area contributed by atoms with Gasteiger partial charge < -0.3 is 14.4 Å². The molecule has 0 spiro atoms. The Morgan fingerprint density at radius 1 is 1.30 bits per heavy atom. The summed E-state index contributed by atoms with van der Waals surface area (Å²) in [5.41, 5.74) is 7.36. The number of nitrogens with zero attached hydrogens (tertiary/aromatic N) is 2. The molecule has 0 aliphatic carbocycles. The zero-order valence-corrected chi connectivity index (χ0v) is 18.7. The molecule has 6 nitrogen and oxygen atoms in total. The van der Waals surface area contributed by atoms with Crippen LogP contribution in [0.15, 0.2) is 41.5 Å². The number of hydrogen-bond donors (Lipinski definition) is 1. The number of hydrogen-bond acceptors (Lipinski definition) is 5. The number of methoxy groups -OCH3 is 1. The number of hydrazone groups is 1. The van der Waals surface area contributed by atoms with Crippen LogP contribution in [-0.4, -0.2) is 38.4 Å². The SMILES string of the molecule is COc1ccccc1OCC(=O)N/N=C/c1cc2c(cc1C)N(C)C(C)(C)C[C@@H]2C. The van der Waals surface area contributed by atoms with Crippen LogP contribution in [0.2, 0.25) is 0 Å². The second-order valence-electron chi connectivity index (χ2n) is 8.48. The number of nitrogens with one attached hydrogen (secondary N) is 1. The monoisotopic (exact) mass is 409 g/mol. The molecule has 2 aromatic rings. The number of benzene rings is 2. The van der Waals surface area contributed by atoms with Crippen molar-refractivity contribution in [1.82, 2.24) is 5.43 Å². The third-order valence-electron chi connectivity index (χ3n) is 5.84. The lowest BCUT2D eigenvalue weighted by atomic mass is 9.79. The van der Waals surface area contributed by atoms with Crippen LogP contribution in [0.25, 0.3) is 0 Å². The fourth-order valence-corrected chi connectivity index (χ4v) is 3.96. The van der Waals surface area contributed by atoms with Crippen molar-refractivity contribution in [1.29, 1.82) is 0 Å². The molecule has 30 heavy (non-hydrogen) atoms. The van der Waals surface area contributed by atoms with E-state index >= 15 is 0 Å². The van der Waals surface area contributed by atoms with Crippen LogP contribution < -0.4 is 19.8 Å². The minimum absolute atomic E-state index is 0.129. The molecule has 2 aromatic carbocycles. The summed E-state index contributed by atoms with van der Waals surface area (Å²) in [6, 6.07) is 11.6. The third kappa shape index (κ3) is 4.58. The largest absolute Gasteiger partial charge is 0.493 e. The van der Waals surface area contributed by atoms with E-state index in [4.69, 9.17) is 9.47 Å². The van der Waals surface area contributed by atoms with Gasteiger partial charge in [0.25, 0.3) is 5.91 Å². The van der Waals surface area contributed by atoms with Gasteiger partial charge in [-0.2, -0.15) is 5.10 Å². The Morgan fingerprint density at radius 3 is 2.70 bits per heavy atom. The first-order valence-electron chi connectivity index (χ1n) is 10.2. The van der Waals surface area contributed by atoms with Crippen molar-refractivity contribution in [2.45, 2.75) is 45.6 Å². The summed E-state index contributed by atoms with van der Waals surface area (Å²) in [6.45, 7) is 8.74. The highest BCUT2D eigenvalue weighted by atomic mass is 16.5. The molecule has 0 saturated heterocycles. The Kier molecular flexibility index (Phi) is 6.34. The summed E-state index contributed by atoms with van der Waals surface area (Å²) in [7, 11) is 3.72. The summed E-state index contributed by atoms with van der Waals surface area (Å²) >= 11 is 0. The average molecular weight is 410 g/mol. The van der Waals surface area contributed by atoms with Gasteiger partial charge in [0.2, 0.25) is 0 Å². The normalized spacial score (nSPS) is 17.5. The highest BCUT2D eigenvalue weighted by Crippen LogP contribution is 2.43. The van der Waals surface area contributed by atoms with Gasteiger partial charge in [0.05, 0.1) is 13.3 Å². The van der Waals surface area contributed by atoms with E-state index < -0.39 is 0 Å². The zero-order chi connectivity index (χ0) is 21.9. The number of carbonyl (C=O) groups is 1. The molecule has 1 N–H and O–H groups in total. The lowest BCUT2D eigenvalue weighted by Gasteiger charge is -2.45. The second-order valence-corrected chi connectivity index (χ2v) is 8.48. The Balaban J connectivity index is 1.65. The Morgan fingerprint density at radius 2 is 2.00 bits per heavy atom. The summed E-state index contributed by atoms with van der Waals surface area (Å²) in [5, 5.41) is 4.13. The lowest BCUT2D eigenvalue weighted by Crippen LogP contribution is -2.45.